The maximum atomic E-state index is 10.4. The van der Waals surface area contributed by atoms with Gasteiger partial charge < -0.3 is 10.4 Å². The molecular formula is C15H29N3O. The van der Waals surface area contributed by atoms with E-state index in [-0.39, 0.29) is 0 Å². The van der Waals surface area contributed by atoms with Gasteiger partial charge in [-0.2, -0.15) is 5.10 Å². The Labute approximate surface area is 117 Å². The first-order valence-electron chi connectivity index (χ1n) is 7.31. The predicted octanol–water partition coefficient (Wildman–Crippen LogP) is 2.39. The Kier molecular flexibility index (Phi) is 6.01. The summed E-state index contributed by atoms with van der Waals surface area (Å²) in [7, 11) is 0. The van der Waals surface area contributed by atoms with E-state index in [2.05, 4.69) is 38.1 Å². The largest absolute Gasteiger partial charge is 0.388 e. The Morgan fingerprint density at radius 3 is 2.68 bits per heavy atom. The van der Waals surface area contributed by atoms with Gasteiger partial charge in [0.15, 0.2) is 0 Å². The van der Waals surface area contributed by atoms with Gasteiger partial charge in [-0.3, -0.25) is 4.68 Å². The fraction of sp³-hybridized carbons (Fsp3) is 0.800. The maximum absolute atomic E-state index is 10.4. The van der Waals surface area contributed by atoms with Crippen LogP contribution in [0.2, 0.25) is 0 Å². The molecule has 0 aliphatic heterocycles. The van der Waals surface area contributed by atoms with E-state index in [1.54, 1.807) is 0 Å². The highest BCUT2D eigenvalue weighted by Gasteiger charge is 2.22. The van der Waals surface area contributed by atoms with Crippen molar-refractivity contribution in [2.45, 2.75) is 59.1 Å². The first-order chi connectivity index (χ1) is 8.84. The van der Waals surface area contributed by atoms with E-state index >= 15 is 0 Å². The lowest BCUT2D eigenvalue weighted by Crippen LogP contribution is -2.41. The maximum Gasteiger partial charge on any atom is 0.0799 e. The van der Waals surface area contributed by atoms with Gasteiger partial charge in [-0.25, -0.2) is 0 Å². The second-order valence-electron chi connectivity index (χ2n) is 6.24. The van der Waals surface area contributed by atoms with Crippen molar-refractivity contribution in [1.29, 1.82) is 0 Å². The molecule has 0 bridgehead atoms. The van der Waals surface area contributed by atoms with Gasteiger partial charge in [0.05, 0.1) is 11.3 Å². The van der Waals surface area contributed by atoms with Crippen LogP contribution in [0.5, 0.6) is 0 Å². The summed E-state index contributed by atoms with van der Waals surface area (Å²) in [4.78, 5) is 0. The van der Waals surface area contributed by atoms with Crippen LogP contribution in [0.15, 0.2) is 12.3 Å². The van der Waals surface area contributed by atoms with Gasteiger partial charge in [0, 0.05) is 25.2 Å². The molecule has 2 unspecified atom stereocenters. The van der Waals surface area contributed by atoms with E-state index in [1.807, 2.05) is 23.9 Å². The SMILES string of the molecule is CCC(C)n1ccc(CC(C)(O)CNCC(C)C)n1. The summed E-state index contributed by atoms with van der Waals surface area (Å²) < 4.78 is 1.98. The molecule has 0 amide bonds. The molecule has 110 valence electrons. The molecule has 1 rings (SSSR count). The second kappa shape index (κ2) is 7.06. The van der Waals surface area contributed by atoms with Crippen LogP contribution in [-0.2, 0) is 6.42 Å². The average Bonchev–Trinajstić information content (AvgIpc) is 2.74. The van der Waals surface area contributed by atoms with E-state index in [9.17, 15) is 5.11 Å². The smallest absolute Gasteiger partial charge is 0.0799 e. The monoisotopic (exact) mass is 267 g/mol. The van der Waals surface area contributed by atoms with Crippen molar-refractivity contribution in [2.75, 3.05) is 13.1 Å². The van der Waals surface area contributed by atoms with Crippen LogP contribution in [0.3, 0.4) is 0 Å². The van der Waals surface area contributed by atoms with E-state index < -0.39 is 5.60 Å². The van der Waals surface area contributed by atoms with E-state index in [1.165, 1.54) is 0 Å². The van der Waals surface area contributed by atoms with Gasteiger partial charge in [-0.15, -0.1) is 0 Å². The molecule has 0 aliphatic rings. The average molecular weight is 267 g/mol. The first kappa shape index (κ1) is 16.2. The molecule has 0 aromatic carbocycles. The van der Waals surface area contributed by atoms with Crippen molar-refractivity contribution < 1.29 is 5.11 Å². The molecule has 2 N–H and O–H groups in total. The molecule has 1 aromatic rings. The summed E-state index contributed by atoms with van der Waals surface area (Å²) in [5.41, 5.74) is 0.209. The molecule has 0 aliphatic carbocycles. The number of nitrogens with one attached hydrogen (secondary N) is 1. The highest BCUT2D eigenvalue weighted by molar-refractivity contribution is 5.04. The van der Waals surface area contributed by atoms with Crippen LogP contribution in [0.4, 0.5) is 0 Å². The Morgan fingerprint density at radius 2 is 2.11 bits per heavy atom. The third kappa shape index (κ3) is 5.74. The lowest BCUT2D eigenvalue weighted by atomic mass is 10.00. The quantitative estimate of drug-likeness (QED) is 0.760. The zero-order valence-corrected chi connectivity index (χ0v) is 13.0. The molecule has 4 nitrogen and oxygen atoms in total. The third-order valence-electron chi connectivity index (χ3n) is 3.33. The lowest BCUT2D eigenvalue weighted by molar-refractivity contribution is 0.0584. The second-order valence-corrected chi connectivity index (χ2v) is 6.24. The summed E-state index contributed by atoms with van der Waals surface area (Å²) in [6.45, 7) is 12.0. The van der Waals surface area contributed by atoms with E-state index in [0.29, 0.717) is 24.9 Å². The minimum absolute atomic E-state index is 0.415. The van der Waals surface area contributed by atoms with Crippen molar-refractivity contribution >= 4 is 0 Å². The van der Waals surface area contributed by atoms with Crippen LogP contribution in [0.1, 0.15) is 52.8 Å². The van der Waals surface area contributed by atoms with E-state index in [4.69, 9.17) is 0 Å². The molecule has 0 saturated heterocycles. The fourth-order valence-corrected chi connectivity index (χ4v) is 1.99. The highest BCUT2D eigenvalue weighted by atomic mass is 16.3. The van der Waals surface area contributed by atoms with Gasteiger partial charge in [0.2, 0.25) is 0 Å². The molecule has 4 heteroatoms. The van der Waals surface area contributed by atoms with Crippen LogP contribution in [-0.4, -0.2) is 33.6 Å². The number of hydrogen-bond donors (Lipinski definition) is 2. The number of nitrogens with zero attached hydrogens (tertiary/aromatic N) is 2. The number of aromatic nitrogens is 2. The highest BCUT2D eigenvalue weighted by Crippen LogP contribution is 2.14. The Bertz CT molecular complexity index is 371. The minimum Gasteiger partial charge on any atom is -0.388 e. The number of aliphatic hydroxyl groups is 1. The Balaban J connectivity index is 2.50. The van der Waals surface area contributed by atoms with Crippen molar-refractivity contribution in [3.63, 3.8) is 0 Å². The molecule has 0 radical (unpaired) electrons. The normalized spacial score (nSPS) is 16.6. The molecule has 2 atom stereocenters. The summed E-state index contributed by atoms with van der Waals surface area (Å²) in [5, 5.41) is 18.2. The zero-order valence-electron chi connectivity index (χ0n) is 13.0. The Morgan fingerprint density at radius 1 is 1.42 bits per heavy atom. The van der Waals surface area contributed by atoms with Crippen molar-refractivity contribution in [3.8, 4) is 0 Å². The topological polar surface area (TPSA) is 50.1 Å². The Hall–Kier alpha value is -0.870. The van der Waals surface area contributed by atoms with Gasteiger partial charge >= 0.3 is 0 Å². The third-order valence-corrected chi connectivity index (χ3v) is 3.33. The summed E-state index contributed by atoms with van der Waals surface area (Å²) in [6.07, 6.45) is 3.65. The number of rotatable bonds is 8. The fourth-order valence-electron chi connectivity index (χ4n) is 1.99. The minimum atomic E-state index is -0.747. The predicted molar refractivity (Wildman–Crippen MR) is 79.3 cm³/mol. The van der Waals surface area contributed by atoms with Crippen LogP contribution >= 0.6 is 0 Å². The molecule has 0 saturated carbocycles. The first-order valence-corrected chi connectivity index (χ1v) is 7.31. The molecule has 0 spiro atoms. The number of hydrogen-bond acceptors (Lipinski definition) is 3. The van der Waals surface area contributed by atoms with Crippen molar-refractivity contribution in [2.24, 2.45) is 5.92 Å². The lowest BCUT2D eigenvalue weighted by Gasteiger charge is -2.23. The zero-order chi connectivity index (χ0) is 14.5. The summed E-state index contributed by atoms with van der Waals surface area (Å²) in [6, 6.07) is 2.42. The van der Waals surface area contributed by atoms with Crippen molar-refractivity contribution in [1.82, 2.24) is 15.1 Å². The van der Waals surface area contributed by atoms with Gasteiger partial charge in [-0.1, -0.05) is 20.8 Å². The van der Waals surface area contributed by atoms with Gasteiger partial charge in [-0.05, 0) is 38.8 Å². The molecule has 1 aromatic heterocycles. The van der Waals surface area contributed by atoms with Crippen LogP contribution < -0.4 is 5.32 Å². The molecule has 1 heterocycles. The molecule has 19 heavy (non-hydrogen) atoms. The summed E-state index contributed by atoms with van der Waals surface area (Å²) in [5.74, 6) is 0.598. The molecular weight excluding hydrogens is 238 g/mol. The van der Waals surface area contributed by atoms with Crippen LogP contribution in [0, 0.1) is 5.92 Å². The van der Waals surface area contributed by atoms with Gasteiger partial charge in [0.1, 0.15) is 0 Å². The summed E-state index contributed by atoms with van der Waals surface area (Å²) >= 11 is 0. The standard InChI is InChI=1S/C15H29N3O/c1-6-13(4)18-8-7-14(17-18)9-15(5,19)11-16-10-12(2)3/h7-8,12-13,16,19H,6,9-11H2,1-5H3. The van der Waals surface area contributed by atoms with Crippen LogP contribution in [0.25, 0.3) is 0 Å². The van der Waals surface area contributed by atoms with E-state index in [0.717, 1.165) is 18.7 Å². The van der Waals surface area contributed by atoms with Crippen molar-refractivity contribution in [3.05, 3.63) is 18.0 Å². The molecule has 0 fully saturated rings. The van der Waals surface area contributed by atoms with Gasteiger partial charge in [0.25, 0.3) is 0 Å².